The van der Waals surface area contributed by atoms with Crippen LogP contribution in [0, 0.1) is 5.82 Å². The summed E-state index contributed by atoms with van der Waals surface area (Å²) in [6, 6.07) is 13.3. The molecule has 0 bridgehead atoms. The molecule has 182 valence electrons. The van der Waals surface area contributed by atoms with E-state index in [1.54, 1.807) is 23.1 Å². The molecule has 3 heterocycles. The summed E-state index contributed by atoms with van der Waals surface area (Å²) < 4.78 is 18.9. The first-order valence-electron chi connectivity index (χ1n) is 11.6. The number of hydrogen-bond donors (Lipinski definition) is 0. The molecular weight excluding hydrogens is 467 g/mol. The molecule has 0 aromatic heterocycles. The fourth-order valence-corrected chi connectivity index (χ4v) is 7.16. The van der Waals surface area contributed by atoms with Gasteiger partial charge in [-0.3, -0.25) is 9.59 Å². The molecule has 0 spiro atoms. The highest BCUT2D eigenvalue weighted by Crippen LogP contribution is 2.54. The number of benzene rings is 2. The number of allylic oxidation sites excluding steroid dienone is 1. The first-order chi connectivity index (χ1) is 16.6. The van der Waals surface area contributed by atoms with Crippen molar-refractivity contribution in [2.24, 2.45) is 0 Å². The number of hydrogen-bond acceptors (Lipinski definition) is 6. The topological polar surface area (TPSA) is 66.9 Å². The van der Waals surface area contributed by atoms with E-state index in [1.807, 2.05) is 30.1 Å². The van der Waals surface area contributed by atoms with Crippen LogP contribution in [0.4, 0.5) is 10.1 Å². The number of halogens is 1. The summed E-state index contributed by atoms with van der Waals surface area (Å²) in [5, 5.41) is 0. The summed E-state index contributed by atoms with van der Waals surface area (Å²) in [7, 11) is 1.92. The average Bonchev–Trinajstić information content (AvgIpc) is 3.45. The molecule has 0 saturated carbocycles. The number of amides is 1. The fourth-order valence-electron chi connectivity index (χ4n) is 5.52. The predicted molar refractivity (Wildman–Crippen MR) is 132 cm³/mol. The van der Waals surface area contributed by atoms with E-state index in [4.69, 9.17) is 4.74 Å². The number of para-hydroxylation sites is 1. The van der Waals surface area contributed by atoms with Crippen LogP contribution in [-0.2, 0) is 29.4 Å². The van der Waals surface area contributed by atoms with Gasteiger partial charge < -0.3 is 14.5 Å². The summed E-state index contributed by atoms with van der Waals surface area (Å²) in [4.78, 5) is 41.4. The molecule has 2 saturated heterocycles. The van der Waals surface area contributed by atoms with Crippen molar-refractivity contribution in [2.45, 2.75) is 43.0 Å². The molecule has 2 aromatic rings. The van der Waals surface area contributed by atoms with Gasteiger partial charge in [0.25, 0.3) is 0 Å². The quantitative estimate of drug-likeness (QED) is 0.460. The number of carbonyl (C=O) groups is 3. The van der Waals surface area contributed by atoms with Crippen molar-refractivity contribution >= 4 is 35.1 Å². The zero-order chi connectivity index (χ0) is 25.0. The largest absolute Gasteiger partial charge is 0.456 e. The van der Waals surface area contributed by atoms with Gasteiger partial charge in [0, 0.05) is 42.1 Å². The van der Waals surface area contributed by atoms with Crippen molar-refractivity contribution in [1.29, 1.82) is 0 Å². The van der Waals surface area contributed by atoms with Crippen molar-refractivity contribution in [3.05, 3.63) is 77.2 Å². The second kappa shape index (κ2) is 8.52. The van der Waals surface area contributed by atoms with Crippen LogP contribution in [0.1, 0.15) is 37.8 Å². The maximum absolute atomic E-state index is 13.5. The third-order valence-electron chi connectivity index (χ3n) is 7.29. The highest BCUT2D eigenvalue weighted by atomic mass is 32.2. The highest BCUT2D eigenvalue weighted by molar-refractivity contribution is 8.00. The number of fused-ring (bicyclic) bond motifs is 2. The van der Waals surface area contributed by atoms with Crippen LogP contribution in [0.15, 0.2) is 60.3 Å². The lowest BCUT2D eigenvalue weighted by atomic mass is 9.83. The van der Waals surface area contributed by atoms with Gasteiger partial charge in [0.2, 0.25) is 5.91 Å². The Bertz CT molecular complexity index is 1240. The Balaban J connectivity index is 1.29. The molecule has 3 aliphatic heterocycles. The van der Waals surface area contributed by atoms with Gasteiger partial charge in [0.15, 0.2) is 12.4 Å². The van der Waals surface area contributed by atoms with Crippen LogP contribution < -0.4 is 4.90 Å². The Labute approximate surface area is 208 Å². The van der Waals surface area contributed by atoms with Gasteiger partial charge in [-0.2, -0.15) is 0 Å². The van der Waals surface area contributed by atoms with Crippen molar-refractivity contribution in [2.75, 3.05) is 24.3 Å². The van der Waals surface area contributed by atoms with E-state index in [0.29, 0.717) is 18.6 Å². The van der Waals surface area contributed by atoms with Crippen LogP contribution in [0.3, 0.4) is 0 Å². The number of likely N-dealkylation sites (N-methyl/N-ethyl adjacent to an activating group) is 1. The summed E-state index contributed by atoms with van der Waals surface area (Å²) in [5.74, 6) is -1.04. The maximum atomic E-state index is 13.5. The lowest BCUT2D eigenvalue weighted by Crippen LogP contribution is -2.47. The second-order valence-corrected chi connectivity index (χ2v) is 11.0. The number of esters is 1. The first kappa shape index (κ1) is 23.6. The number of ether oxygens (including phenoxy) is 1. The van der Waals surface area contributed by atoms with Crippen molar-refractivity contribution in [3.8, 4) is 0 Å². The SMILES string of the molecule is CN1/C(=C\C(=O)COC(=O)[C@H]2CS[C@@]3(c4ccc(F)cc4)CCC(=O)N23)C(C)(C)c2ccccc21. The lowest BCUT2D eigenvalue weighted by Gasteiger charge is -2.33. The van der Waals surface area contributed by atoms with Crippen molar-refractivity contribution in [3.63, 3.8) is 0 Å². The van der Waals surface area contributed by atoms with Crippen LogP contribution in [0.5, 0.6) is 0 Å². The van der Waals surface area contributed by atoms with E-state index in [-0.39, 0.29) is 22.9 Å². The Morgan fingerprint density at radius 3 is 2.60 bits per heavy atom. The van der Waals surface area contributed by atoms with Gasteiger partial charge in [0.05, 0.1) is 0 Å². The Morgan fingerprint density at radius 1 is 1.17 bits per heavy atom. The predicted octanol–water partition coefficient (Wildman–Crippen LogP) is 4.14. The number of rotatable bonds is 5. The smallest absolute Gasteiger partial charge is 0.330 e. The van der Waals surface area contributed by atoms with E-state index in [9.17, 15) is 18.8 Å². The summed E-state index contributed by atoms with van der Waals surface area (Å²) >= 11 is 1.49. The third-order valence-corrected chi connectivity index (χ3v) is 8.89. The van der Waals surface area contributed by atoms with Crippen LogP contribution >= 0.6 is 11.8 Å². The van der Waals surface area contributed by atoms with Gasteiger partial charge in [-0.05, 0) is 35.7 Å². The van der Waals surface area contributed by atoms with E-state index in [1.165, 1.54) is 23.9 Å². The minimum atomic E-state index is -0.782. The molecule has 0 aliphatic carbocycles. The number of ketones is 1. The second-order valence-electron chi connectivity index (χ2n) is 9.69. The zero-order valence-electron chi connectivity index (χ0n) is 19.9. The molecule has 0 N–H and O–H groups in total. The minimum Gasteiger partial charge on any atom is -0.456 e. The summed E-state index contributed by atoms with van der Waals surface area (Å²) in [6.45, 7) is 3.73. The normalized spacial score (nSPS) is 25.7. The van der Waals surface area contributed by atoms with E-state index in [0.717, 1.165) is 22.5 Å². The molecule has 2 fully saturated rings. The van der Waals surface area contributed by atoms with E-state index < -0.39 is 23.5 Å². The van der Waals surface area contributed by atoms with Gasteiger partial charge in [0.1, 0.15) is 16.7 Å². The molecule has 0 unspecified atom stereocenters. The van der Waals surface area contributed by atoms with Crippen molar-refractivity contribution in [1.82, 2.24) is 4.90 Å². The molecule has 3 aliphatic rings. The molecule has 8 heteroatoms. The fraction of sp³-hybridized carbons (Fsp3) is 0.370. The monoisotopic (exact) mass is 494 g/mol. The number of carbonyl (C=O) groups excluding carboxylic acids is 3. The minimum absolute atomic E-state index is 0.137. The van der Waals surface area contributed by atoms with Crippen molar-refractivity contribution < 1.29 is 23.5 Å². The first-order valence-corrected chi connectivity index (χ1v) is 12.6. The third kappa shape index (κ3) is 3.75. The van der Waals surface area contributed by atoms with Crippen LogP contribution in [0.2, 0.25) is 0 Å². The molecule has 2 aromatic carbocycles. The molecule has 2 atom stereocenters. The molecule has 0 radical (unpaired) electrons. The average molecular weight is 495 g/mol. The van der Waals surface area contributed by atoms with Gasteiger partial charge >= 0.3 is 5.97 Å². The standard InChI is InChI=1S/C27H27FN2O4S/c1-26(2)20-6-4-5-7-21(20)29(3)23(26)14-19(31)15-34-25(33)22-16-35-27(13-12-24(32)30(22)27)17-8-10-18(28)11-9-17/h4-11,14,22H,12-13,15-16H2,1-3H3/b23-14-/t22-,27-/m1/s1. The maximum Gasteiger partial charge on any atom is 0.330 e. The number of nitrogens with zero attached hydrogens (tertiary/aromatic N) is 2. The molecule has 5 rings (SSSR count). The Kier molecular flexibility index (Phi) is 5.74. The summed E-state index contributed by atoms with van der Waals surface area (Å²) in [6.07, 6.45) is 2.39. The summed E-state index contributed by atoms with van der Waals surface area (Å²) in [5.41, 5.74) is 3.44. The highest BCUT2D eigenvalue weighted by Gasteiger charge is 2.57. The molecule has 1 amide bonds. The zero-order valence-corrected chi connectivity index (χ0v) is 20.7. The van der Waals surface area contributed by atoms with Crippen LogP contribution in [-0.4, -0.2) is 48.0 Å². The van der Waals surface area contributed by atoms with Gasteiger partial charge in [-0.15, -0.1) is 11.8 Å². The number of anilines is 1. The van der Waals surface area contributed by atoms with E-state index in [2.05, 4.69) is 19.9 Å². The van der Waals surface area contributed by atoms with Gasteiger partial charge in [-0.1, -0.05) is 44.2 Å². The molecule has 35 heavy (non-hydrogen) atoms. The Morgan fingerprint density at radius 2 is 1.89 bits per heavy atom. The van der Waals surface area contributed by atoms with Gasteiger partial charge in [-0.25, -0.2) is 9.18 Å². The Hall–Kier alpha value is -3.13. The molecule has 6 nitrogen and oxygen atoms in total. The molecular formula is C27H27FN2O4S. The van der Waals surface area contributed by atoms with E-state index >= 15 is 0 Å². The lowest BCUT2D eigenvalue weighted by molar-refractivity contribution is -0.155. The number of thioether (sulfide) groups is 1. The van der Waals surface area contributed by atoms with Crippen LogP contribution in [0.25, 0.3) is 0 Å².